The quantitative estimate of drug-likeness (QED) is 0.641. The fourth-order valence-corrected chi connectivity index (χ4v) is 3.16. The molecule has 0 bridgehead atoms. The van der Waals surface area contributed by atoms with Gasteiger partial charge >= 0.3 is 0 Å². The van der Waals surface area contributed by atoms with E-state index < -0.39 is 0 Å². The molecule has 1 fully saturated rings. The number of hydrogen-bond acceptors (Lipinski definition) is 0. The Morgan fingerprint density at radius 2 is 1.50 bits per heavy atom. The highest BCUT2D eigenvalue weighted by Crippen LogP contribution is 2.33. The summed E-state index contributed by atoms with van der Waals surface area (Å²) in [5, 5.41) is 0. The molecule has 0 amide bonds. The predicted octanol–water partition coefficient (Wildman–Crippen LogP) is 5.85. The minimum Gasteiger partial charge on any atom is -0.207 e. The molecule has 0 atom stereocenters. The highest BCUT2D eigenvalue weighted by atomic mass is 19.1. The van der Waals surface area contributed by atoms with Crippen molar-refractivity contribution in [2.24, 2.45) is 0 Å². The summed E-state index contributed by atoms with van der Waals surface area (Å²) in [4.78, 5) is 0. The van der Waals surface area contributed by atoms with E-state index in [9.17, 15) is 4.39 Å². The van der Waals surface area contributed by atoms with E-state index in [2.05, 4.69) is 24.3 Å². The van der Waals surface area contributed by atoms with Gasteiger partial charge in [0.05, 0.1) is 0 Å². The van der Waals surface area contributed by atoms with Crippen LogP contribution in [-0.2, 0) is 0 Å². The summed E-state index contributed by atoms with van der Waals surface area (Å²) in [5.41, 5.74) is 4.21. The lowest BCUT2D eigenvalue weighted by molar-refractivity contribution is 0.443. The minimum absolute atomic E-state index is 0.126. The summed E-state index contributed by atoms with van der Waals surface area (Å²) in [6, 6.07) is 14.2. The fraction of sp³-hybridized carbons (Fsp3) is 0.368. The summed E-state index contributed by atoms with van der Waals surface area (Å²) in [5.74, 6) is 0.603. The second-order valence-electron chi connectivity index (χ2n) is 5.92. The van der Waals surface area contributed by atoms with Crippen LogP contribution in [0.5, 0.6) is 0 Å². The molecule has 1 saturated carbocycles. The molecule has 0 nitrogen and oxygen atoms in total. The van der Waals surface area contributed by atoms with Gasteiger partial charge in [0, 0.05) is 0 Å². The smallest absolute Gasteiger partial charge is 0.126 e. The second kappa shape index (κ2) is 5.78. The maximum atomic E-state index is 13.6. The molecule has 2 aromatic carbocycles. The van der Waals surface area contributed by atoms with Gasteiger partial charge in [-0.15, -0.1) is 0 Å². The molecule has 2 aromatic rings. The molecule has 0 aromatic heterocycles. The summed E-state index contributed by atoms with van der Waals surface area (Å²) in [6.45, 7) is 1.80. The number of benzene rings is 2. The van der Waals surface area contributed by atoms with E-state index in [-0.39, 0.29) is 5.82 Å². The Morgan fingerprint density at radius 1 is 0.850 bits per heavy atom. The molecule has 3 rings (SSSR count). The van der Waals surface area contributed by atoms with E-state index in [1.807, 2.05) is 12.1 Å². The Bertz CT molecular complexity index is 577. The Hall–Kier alpha value is -1.63. The summed E-state index contributed by atoms with van der Waals surface area (Å²) < 4.78 is 13.6. The van der Waals surface area contributed by atoms with E-state index in [4.69, 9.17) is 0 Å². The molecule has 0 heterocycles. The van der Waals surface area contributed by atoms with Crippen LogP contribution in [0.1, 0.15) is 49.1 Å². The van der Waals surface area contributed by atoms with Crippen molar-refractivity contribution in [2.75, 3.05) is 0 Å². The molecule has 0 unspecified atom stereocenters. The molecule has 0 aliphatic heterocycles. The number of halogens is 1. The normalized spacial score (nSPS) is 16.3. The largest absolute Gasteiger partial charge is 0.207 e. The van der Waals surface area contributed by atoms with Crippen molar-refractivity contribution in [1.82, 2.24) is 0 Å². The molecule has 104 valence electrons. The van der Waals surface area contributed by atoms with Gasteiger partial charge in [0.25, 0.3) is 0 Å². The third-order valence-corrected chi connectivity index (χ3v) is 4.49. The third kappa shape index (κ3) is 2.77. The Morgan fingerprint density at radius 3 is 2.15 bits per heavy atom. The van der Waals surface area contributed by atoms with E-state index in [1.54, 1.807) is 13.0 Å². The molecule has 0 spiro atoms. The lowest BCUT2D eigenvalue weighted by Crippen LogP contribution is -2.04. The first-order valence-electron chi connectivity index (χ1n) is 7.60. The lowest BCUT2D eigenvalue weighted by atomic mass is 9.84. The highest BCUT2D eigenvalue weighted by molar-refractivity contribution is 5.64. The molecule has 20 heavy (non-hydrogen) atoms. The SMILES string of the molecule is Cc1ccc(-c2ccc(C3CCCCC3)cc2)cc1F. The summed E-state index contributed by atoms with van der Waals surface area (Å²) in [6.07, 6.45) is 6.74. The van der Waals surface area contributed by atoms with E-state index in [0.29, 0.717) is 5.56 Å². The average molecular weight is 268 g/mol. The Balaban J connectivity index is 1.83. The van der Waals surface area contributed by atoms with Crippen molar-refractivity contribution in [1.29, 1.82) is 0 Å². The molecule has 0 radical (unpaired) electrons. The molecular formula is C19H21F. The zero-order valence-electron chi connectivity index (χ0n) is 12.0. The highest BCUT2D eigenvalue weighted by Gasteiger charge is 2.15. The van der Waals surface area contributed by atoms with Crippen molar-refractivity contribution >= 4 is 0 Å². The number of rotatable bonds is 2. The fourth-order valence-electron chi connectivity index (χ4n) is 3.16. The molecule has 0 N–H and O–H groups in total. The van der Waals surface area contributed by atoms with Gasteiger partial charge in [-0.1, -0.05) is 55.7 Å². The maximum Gasteiger partial charge on any atom is 0.126 e. The van der Waals surface area contributed by atoms with E-state index in [0.717, 1.165) is 17.0 Å². The van der Waals surface area contributed by atoms with Gasteiger partial charge in [0.15, 0.2) is 0 Å². The molecule has 0 saturated heterocycles. The topological polar surface area (TPSA) is 0 Å². The van der Waals surface area contributed by atoms with Gasteiger partial charge in [-0.25, -0.2) is 4.39 Å². The van der Waals surface area contributed by atoms with Gasteiger partial charge in [0.2, 0.25) is 0 Å². The summed E-state index contributed by atoms with van der Waals surface area (Å²) in [7, 11) is 0. The first-order valence-corrected chi connectivity index (χ1v) is 7.60. The third-order valence-electron chi connectivity index (χ3n) is 4.49. The molecule has 1 heteroatoms. The lowest BCUT2D eigenvalue weighted by Gasteiger charge is -2.22. The van der Waals surface area contributed by atoms with Crippen molar-refractivity contribution in [3.8, 4) is 11.1 Å². The maximum absolute atomic E-state index is 13.6. The van der Waals surface area contributed by atoms with E-state index >= 15 is 0 Å². The van der Waals surface area contributed by atoms with Gasteiger partial charge in [-0.3, -0.25) is 0 Å². The van der Waals surface area contributed by atoms with Gasteiger partial charge in [-0.05, 0) is 54.0 Å². The van der Waals surface area contributed by atoms with Crippen LogP contribution in [0.4, 0.5) is 4.39 Å². The van der Waals surface area contributed by atoms with Crippen LogP contribution in [-0.4, -0.2) is 0 Å². The number of hydrogen-bond donors (Lipinski definition) is 0. The average Bonchev–Trinajstić information content (AvgIpc) is 2.51. The zero-order valence-corrected chi connectivity index (χ0v) is 12.0. The Kier molecular flexibility index (Phi) is 3.86. The van der Waals surface area contributed by atoms with Crippen LogP contribution in [0.15, 0.2) is 42.5 Å². The van der Waals surface area contributed by atoms with Gasteiger partial charge in [-0.2, -0.15) is 0 Å². The van der Waals surface area contributed by atoms with Crippen LogP contribution in [0.2, 0.25) is 0 Å². The molecule has 1 aliphatic rings. The van der Waals surface area contributed by atoms with Crippen LogP contribution in [0.3, 0.4) is 0 Å². The van der Waals surface area contributed by atoms with Crippen molar-refractivity contribution in [3.63, 3.8) is 0 Å². The van der Waals surface area contributed by atoms with Crippen molar-refractivity contribution in [3.05, 3.63) is 59.4 Å². The van der Waals surface area contributed by atoms with Crippen LogP contribution in [0, 0.1) is 12.7 Å². The van der Waals surface area contributed by atoms with Gasteiger partial charge in [0.1, 0.15) is 5.82 Å². The van der Waals surface area contributed by atoms with Crippen molar-refractivity contribution < 1.29 is 4.39 Å². The van der Waals surface area contributed by atoms with Crippen LogP contribution < -0.4 is 0 Å². The monoisotopic (exact) mass is 268 g/mol. The standard InChI is InChI=1S/C19H21F/c1-14-7-8-18(13-19(14)20)17-11-9-16(10-12-17)15-5-3-2-4-6-15/h7-13,15H,2-6H2,1H3. The molecule has 1 aliphatic carbocycles. The first-order chi connectivity index (χ1) is 9.74. The first kappa shape index (κ1) is 13.4. The predicted molar refractivity (Wildman–Crippen MR) is 82.4 cm³/mol. The second-order valence-corrected chi connectivity index (χ2v) is 5.92. The van der Waals surface area contributed by atoms with Gasteiger partial charge < -0.3 is 0 Å². The number of aryl methyl sites for hydroxylation is 1. The van der Waals surface area contributed by atoms with Crippen LogP contribution >= 0.6 is 0 Å². The van der Waals surface area contributed by atoms with E-state index in [1.165, 1.54) is 37.7 Å². The zero-order chi connectivity index (χ0) is 13.9. The van der Waals surface area contributed by atoms with Crippen molar-refractivity contribution in [2.45, 2.75) is 44.9 Å². The minimum atomic E-state index is -0.126. The molecular weight excluding hydrogens is 247 g/mol. The summed E-state index contributed by atoms with van der Waals surface area (Å²) >= 11 is 0. The Labute approximate surface area is 120 Å². The van der Waals surface area contributed by atoms with Crippen LogP contribution in [0.25, 0.3) is 11.1 Å².